The van der Waals surface area contributed by atoms with Crippen LogP contribution < -0.4 is 11.5 Å². The molecular formula is C6H8N4O2S. The first-order chi connectivity index (χ1) is 6.13. The summed E-state index contributed by atoms with van der Waals surface area (Å²) < 4.78 is 0. The summed E-state index contributed by atoms with van der Waals surface area (Å²) in [7, 11) is 0. The van der Waals surface area contributed by atoms with Gasteiger partial charge in [0.2, 0.25) is 5.84 Å². The van der Waals surface area contributed by atoms with Crippen molar-refractivity contribution in [2.45, 2.75) is 6.54 Å². The molecule has 4 N–H and O–H groups in total. The average molecular weight is 200 g/mol. The molecule has 70 valence electrons. The molecule has 1 aromatic rings. The first-order valence-corrected chi connectivity index (χ1v) is 4.27. The maximum Gasteiger partial charge on any atom is 0.205 e. The summed E-state index contributed by atoms with van der Waals surface area (Å²) in [5.41, 5.74) is 11.2. The Hall–Kier alpha value is -1.47. The van der Waals surface area contributed by atoms with Crippen molar-refractivity contribution in [3.8, 4) is 0 Å². The lowest BCUT2D eigenvalue weighted by atomic mass is 10.3. The fourth-order valence-electron chi connectivity index (χ4n) is 0.768. The maximum atomic E-state index is 9.98. The first kappa shape index (κ1) is 9.62. The van der Waals surface area contributed by atoms with E-state index in [1.807, 2.05) is 0 Å². The van der Waals surface area contributed by atoms with Crippen LogP contribution in [0.5, 0.6) is 0 Å². The number of rotatable bonds is 3. The number of amidine groups is 1. The van der Waals surface area contributed by atoms with Crippen molar-refractivity contribution in [2.24, 2.45) is 16.6 Å². The van der Waals surface area contributed by atoms with Gasteiger partial charge in [-0.3, -0.25) is 0 Å². The third-order valence-electron chi connectivity index (χ3n) is 1.34. The van der Waals surface area contributed by atoms with Crippen LogP contribution in [0.15, 0.2) is 16.5 Å². The molecule has 1 aromatic heterocycles. The Kier molecular flexibility index (Phi) is 2.93. The molecule has 0 aliphatic rings. The minimum absolute atomic E-state index is 0.0963. The fourth-order valence-corrected chi connectivity index (χ4v) is 1.53. The third-order valence-corrected chi connectivity index (χ3v) is 2.30. The molecule has 0 atom stereocenters. The molecule has 1 rings (SSSR count). The highest BCUT2D eigenvalue weighted by Crippen LogP contribution is 2.13. The Balaban J connectivity index is 2.88. The van der Waals surface area contributed by atoms with Crippen LogP contribution in [0, 0.1) is 10.1 Å². The number of nitrogens with two attached hydrogens (primary N) is 2. The van der Waals surface area contributed by atoms with Crippen LogP contribution in [0.1, 0.15) is 10.4 Å². The monoisotopic (exact) mass is 200 g/mol. The standard InChI is InChI=1S/C6H8N4O2S/c7-2-5-1-4(3-13-5)6(8)9-10(11)12/h1,3H,2,7H2,(H2,8,9). The van der Waals surface area contributed by atoms with Gasteiger partial charge in [0, 0.05) is 22.4 Å². The fraction of sp³-hybridized carbons (Fsp3) is 0.167. The molecule has 0 saturated heterocycles. The first-order valence-electron chi connectivity index (χ1n) is 3.40. The van der Waals surface area contributed by atoms with E-state index in [2.05, 4.69) is 5.10 Å². The van der Waals surface area contributed by atoms with E-state index >= 15 is 0 Å². The highest BCUT2D eigenvalue weighted by atomic mass is 32.1. The summed E-state index contributed by atoms with van der Waals surface area (Å²) in [4.78, 5) is 10.9. The van der Waals surface area contributed by atoms with Crippen LogP contribution >= 0.6 is 11.3 Å². The molecule has 13 heavy (non-hydrogen) atoms. The second kappa shape index (κ2) is 3.97. The van der Waals surface area contributed by atoms with E-state index in [0.29, 0.717) is 12.1 Å². The van der Waals surface area contributed by atoms with Crippen LogP contribution in [0.2, 0.25) is 0 Å². The Morgan fingerprint density at radius 2 is 2.46 bits per heavy atom. The quantitative estimate of drug-likeness (QED) is 0.312. The summed E-state index contributed by atoms with van der Waals surface area (Å²) in [5.74, 6) is -0.0963. The predicted molar refractivity (Wildman–Crippen MR) is 49.9 cm³/mol. The highest BCUT2D eigenvalue weighted by Gasteiger charge is 2.05. The Labute approximate surface area is 78.0 Å². The van der Waals surface area contributed by atoms with E-state index in [9.17, 15) is 10.1 Å². The van der Waals surface area contributed by atoms with E-state index in [1.54, 1.807) is 11.4 Å². The van der Waals surface area contributed by atoms with Crippen LogP contribution in [-0.4, -0.2) is 10.9 Å². The van der Waals surface area contributed by atoms with Crippen molar-refractivity contribution in [1.82, 2.24) is 0 Å². The Morgan fingerprint density at radius 3 is 2.92 bits per heavy atom. The lowest BCUT2D eigenvalue weighted by molar-refractivity contribution is -0.485. The molecule has 0 spiro atoms. The smallest absolute Gasteiger partial charge is 0.205 e. The molecule has 1 heterocycles. The van der Waals surface area contributed by atoms with Crippen LogP contribution in [0.4, 0.5) is 0 Å². The van der Waals surface area contributed by atoms with Crippen LogP contribution in [0.3, 0.4) is 0 Å². The Morgan fingerprint density at radius 1 is 1.77 bits per heavy atom. The molecule has 0 amide bonds. The SMILES string of the molecule is NCc1cc(/C(N)=N/[N+](=O)[O-])cs1. The van der Waals surface area contributed by atoms with Gasteiger partial charge in [-0.2, -0.15) is 0 Å². The second-order valence-electron chi connectivity index (χ2n) is 2.23. The van der Waals surface area contributed by atoms with E-state index in [0.717, 1.165) is 4.88 Å². The van der Waals surface area contributed by atoms with Gasteiger partial charge in [-0.15, -0.1) is 11.3 Å². The maximum absolute atomic E-state index is 9.98. The summed E-state index contributed by atoms with van der Waals surface area (Å²) in [5, 5.41) is 13.8. The van der Waals surface area contributed by atoms with Gasteiger partial charge in [0.15, 0.2) is 5.03 Å². The molecular weight excluding hydrogens is 192 g/mol. The van der Waals surface area contributed by atoms with Crippen LogP contribution in [0.25, 0.3) is 0 Å². The number of nitro groups is 1. The van der Waals surface area contributed by atoms with E-state index in [-0.39, 0.29) is 5.84 Å². The molecule has 7 heteroatoms. The van der Waals surface area contributed by atoms with Gasteiger partial charge in [0.05, 0.1) is 5.10 Å². The van der Waals surface area contributed by atoms with Crippen molar-refractivity contribution in [3.05, 3.63) is 32.0 Å². The molecule has 0 bridgehead atoms. The van der Waals surface area contributed by atoms with Crippen molar-refractivity contribution < 1.29 is 5.03 Å². The van der Waals surface area contributed by atoms with Crippen molar-refractivity contribution in [2.75, 3.05) is 0 Å². The second-order valence-corrected chi connectivity index (χ2v) is 3.22. The number of hydrogen-bond donors (Lipinski definition) is 2. The minimum Gasteiger partial charge on any atom is -0.378 e. The highest BCUT2D eigenvalue weighted by molar-refractivity contribution is 7.10. The lowest BCUT2D eigenvalue weighted by Crippen LogP contribution is -2.14. The molecule has 0 fully saturated rings. The minimum atomic E-state index is -0.824. The average Bonchev–Trinajstić information content (AvgIpc) is 2.50. The van der Waals surface area contributed by atoms with Gasteiger partial charge in [0.1, 0.15) is 0 Å². The van der Waals surface area contributed by atoms with Crippen molar-refractivity contribution in [3.63, 3.8) is 0 Å². The topological polar surface area (TPSA) is 108 Å². The van der Waals surface area contributed by atoms with E-state index in [4.69, 9.17) is 11.5 Å². The molecule has 0 unspecified atom stereocenters. The zero-order valence-electron chi connectivity index (χ0n) is 6.64. The van der Waals surface area contributed by atoms with E-state index in [1.165, 1.54) is 11.3 Å². The number of thiophene rings is 1. The Bertz CT molecular complexity index is 346. The normalized spacial score (nSPS) is 11.6. The largest absolute Gasteiger partial charge is 0.378 e. The molecule has 6 nitrogen and oxygen atoms in total. The number of nitrogens with zero attached hydrogens (tertiary/aromatic N) is 2. The molecule has 0 saturated carbocycles. The summed E-state index contributed by atoms with van der Waals surface area (Å²) in [6, 6.07) is 1.69. The number of hydrogen-bond acceptors (Lipinski definition) is 4. The molecule has 0 aliphatic carbocycles. The van der Waals surface area contributed by atoms with Gasteiger partial charge in [-0.05, 0) is 6.07 Å². The van der Waals surface area contributed by atoms with Gasteiger partial charge in [-0.25, -0.2) is 10.1 Å². The van der Waals surface area contributed by atoms with E-state index < -0.39 is 5.03 Å². The van der Waals surface area contributed by atoms with Gasteiger partial charge >= 0.3 is 0 Å². The third kappa shape index (κ3) is 2.49. The molecule has 0 aromatic carbocycles. The van der Waals surface area contributed by atoms with Gasteiger partial charge in [-0.1, -0.05) is 0 Å². The van der Waals surface area contributed by atoms with Gasteiger partial charge < -0.3 is 11.5 Å². The summed E-state index contributed by atoms with van der Waals surface area (Å²) in [6.45, 7) is 0.399. The zero-order valence-corrected chi connectivity index (χ0v) is 7.45. The summed E-state index contributed by atoms with van der Waals surface area (Å²) in [6.07, 6.45) is 0. The molecule has 0 aliphatic heterocycles. The van der Waals surface area contributed by atoms with Crippen molar-refractivity contribution in [1.29, 1.82) is 0 Å². The van der Waals surface area contributed by atoms with Crippen molar-refractivity contribution >= 4 is 17.2 Å². The lowest BCUT2D eigenvalue weighted by Gasteiger charge is -1.88. The number of hydrazone groups is 1. The predicted octanol–water partition coefficient (Wildman–Crippen LogP) is 0.104. The molecule has 0 radical (unpaired) electrons. The van der Waals surface area contributed by atoms with Crippen LogP contribution in [-0.2, 0) is 6.54 Å². The zero-order chi connectivity index (χ0) is 9.84. The summed E-state index contributed by atoms with van der Waals surface area (Å²) >= 11 is 1.40. The van der Waals surface area contributed by atoms with Gasteiger partial charge in [0.25, 0.3) is 0 Å².